The molecule has 0 aromatic rings. The van der Waals surface area contributed by atoms with Crippen LogP contribution < -0.4 is 0 Å². The van der Waals surface area contributed by atoms with Crippen LogP contribution in [-0.4, -0.2) is 11.5 Å². The summed E-state index contributed by atoms with van der Waals surface area (Å²) in [6.45, 7) is 4.82. The molecule has 0 bridgehead atoms. The summed E-state index contributed by atoms with van der Waals surface area (Å²) in [6.07, 6.45) is 6.92. The number of thioether (sulfide) groups is 2. The highest BCUT2D eigenvalue weighted by Crippen LogP contribution is 2.45. The van der Waals surface area contributed by atoms with Crippen LogP contribution in [0.4, 0.5) is 0 Å². The van der Waals surface area contributed by atoms with Gasteiger partial charge in [-0.15, -0.1) is 23.5 Å². The van der Waals surface area contributed by atoms with Gasteiger partial charge in [-0.05, 0) is 49.0 Å². The average molecular weight is 228 g/mol. The molecule has 0 nitrogen and oxygen atoms in total. The third kappa shape index (κ3) is 2.73. The van der Waals surface area contributed by atoms with Crippen molar-refractivity contribution in [3.05, 3.63) is 9.81 Å². The Morgan fingerprint density at radius 2 is 1.57 bits per heavy atom. The molecule has 0 amide bonds. The molecule has 1 heterocycles. The molecule has 14 heavy (non-hydrogen) atoms. The van der Waals surface area contributed by atoms with Crippen molar-refractivity contribution >= 4 is 23.5 Å². The van der Waals surface area contributed by atoms with Crippen molar-refractivity contribution in [3.63, 3.8) is 0 Å². The SMILES string of the molecule is CC1(C)CCC(=C2SCCCS2)CC1. The van der Waals surface area contributed by atoms with Crippen molar-refractivity contribution < 1.29 is 0 Å². The quantitative estimate of drug-likeness (QED) is 0.591. The number of hydrogen-bond donors (Lipinski definition) is 0. The summed E-state index contributed by atoms with van der Waals surface area (Å²) in [5.41, 5.74) is 2.38. The summed E-state index contributed by atoms with van der Waals surface area (Å²) in [4.78, 5) is 0. The minimum absolute atomic E-state index is 0.605. The van der Waals surface area contributed by atoms with E-state index in [0.29, 0.717) is 5.41 Å². The van der Waals surface area contributed by atoms with Crippen LogP contribution in [-0.2, 0) is 0 Å². The van der Waals surface area contributed by atoms with Gasteiger partial charge in [0.1, 0.15) is 0 Å². The lowest BCUT2D eigenvalue weighted by molar-refractivity contribution is 0.278. The summed E-state index contributed by atoms with van der Waals surface area (Å²) >= 11 is 4.22. The van der Waals surface area contributed by atoms with Gasteiger partial charge in [-0.25, -0.2) is 0 Å². The van der Waals surface area contributed by atoms with Crippen molar-refractivity contribution in [3.8, 4) is 0 Å². The first-order valence-electron chi connectivity index (χ1n) is 5.65. The predicted octanol–water partition coefficient (Wildman–Crippen LogP) is 4.67. The highest BCUT2D eigenvalue weighted by molar-refractivity contribution is 8.22. The van der Waals surface area contributed by atoms with Crippen LogP contribution in [0.1, 0.15) is 46.0 Å². The Labute approximate surface area is 96.3 Å². The number of hydrogen-bond acceptors (Lipinski definition) is 2. The molecule has 1 aliphatic heterocycles. The summed E-state index contributed by atoms with van der Waals surface area (Å²) in [5.74, 6) is 2.71. The summed E-state index contributed by atoms with van der Waals surface area (Å²) in [5, 5.41) is 0. The summed E-state index contributed by atoms with van der Waals surface area (Å²) in [6, 6.07) is 0. The predicted molar refractivity (Wildman–Crippen MR) is 68.8 cm³/mol. The fourth-order valence-electron chi connectivity index (χ4n) is 2.07. The van der Waals surface area contributed by atoms with Gasteiger partial charge in [0.2, 0.25) is 0 Å². The van der Waals surface area contributed by atoms with E-state index in [0.717, 1.165) is 0 Å². The largest absolute Gasteiger partial charge is 0.119 e. The molecule has 0 radical (unpaired) electrons. The first-order chi connectivity index (χ1) is 6.67. The smallest absolute Gasteiger partial charge is 0.0392 e. The molecule has 0 aromatic carbocycles. The van der Waals surface area contributed by atoms with Gasteiger partial charge in [-0.2, -0.15) is 0 Å². The Morgan fingerprint density at radius 3 is 2.14 bits per heavy atom. The van der Waals surface area contributed by atoms with E-state index in [-0.39, 0.29) is 0 Å². The molecular weight excluding hydrogens is 208 g/mol. The van der Waals surface area contributed by atoms with Gasteiger partial charge in [-0.3, -0.25) is 0 Å². The molecule has 0 unspecified atom stereocenters. The van der Waals surface area contributed by atoms with Crippen molar-refractivity contribution in [1.29, 1.82) is 0 Å². The Balaban J connectivity index is 1.99. The topological polar surface area (TPSA) is 0 Å². The lowest BCUT2D eigenvalue weighted by atomic mass is 9.76. The molecule has 0 N–H and O–H groups in total. The van der Waals surface area contributed by atoms with Crippen molar-refractivity contribution in [1.82, 2.24) is 0 Å². The lowest BCUT2D eigenvalue weighted by Gasteiger charge is -2.32. The maximum atomic E-state index is 2.41. The van der Waals surface area contributed by atoms with E-state index >= 15 is 0 Å². The van der Waals surface area contributed by atoms with Crippen LogP contribution in [0.3, 0.4) is 0 Å². The van der Waals surface area contributed by atoms with Crippen LogP contribution in [0.25, 0.3) is 0 Å². The van der Waals surface area contributed by atoms with Crippen LogP contribution >= 0.6 is 23.5 Å². The zero-order chi connectivity index (χ0) is 10.0. The molecule has 1 aliphatic carbocycles. The third-order valence-electron chi connectivity index (χ3n) is 3.25. The van der Waals surface area contributed by atoms with Gasteiger partial charge in [0.15, 0.2) is 0 Å². The van der Waals surface area contributed by atoms with Gasteiger partial charge in [0, 0.05) is 4.24 Å². The zero-order valence-electron chi connectivity index (χ0n) is 9.27. The van der Waals surface area contributed by atoms with Gasteiger partial charge >= 0.3 is 0 Å². The van der Waals surface area contributed by atoms with E-state index in [1.165, 1.54) is 43.6 Å². The van der Waals surface area contributed by atoms with E-state index in [9.17, 15) is 0 Å². The second-order valence-electron chi connectivity index (χ2n) is 5.11. The van der Waals surface area contributed by atoms with Crippen molar-refractivity contribution in [2.24, 2.45) is 5.41 Å². The Kier molecular flexibility index (Phi) is 3.54. The van der Waals surface area contributed by atoms with Gasteiger partial charge in [-0.1, -0.05) is 19.4 Å². The Hall–Kier alpha value is 0.440. The second kappa shape index (κ2) is 4.52. The summed E-state index contributed by atoms with van der Waals surface area (Å²) in [7, 11) is 0. The van der Waals surface area contributed by atoms with Crippen molar-refractivity contribution in [2.45, 2.75) is 46.0 Å². The maximum absolute atomic E-state index is 2.41. The van der Waals surface area contributed by atoms with Gasteiger partial charge in [0.05, 0.1) is 0 Å². The average Bonchev–Trinajstić information content (AvgIpc) is 2.19. The van der Waals surface area contributed by atoms with E-state index in [1.807, 2.05) is 0 Å². The summed E-state index contributed by atoms with van der Waals surface area (Å²) < 4.78 is 1.69. The number of rotatable bonds is 0. The first kappa shape index (κ1) is 10.9. The molecule has 80 valence electrons. The normalized spacial score (nSPS) is 27.9. The molecule has 2 fully saturated rings. The van der Waals surface area contributed by atoms with Crippen LogP contribution in [0, 0.1) is 5.41 Å². The minimum atomic E-state index is 0.605. The lowest BCUT2D eigenvalue weighted by Crippen LogP contribution is -2.17. The van der Waals surface area contributed by atoms with E-state index < -0.39 is 0 Å². The molecule has 0 spiro atoms. The van der Waals surface area contributed by atoms with E-state index in [2.05, 4.69) is 37.4 Å². The van der Waals surface area contributed by atoms with Crippen LogP contribution in [0.5, 0.6) is 0 Å². The van der Waals surface area contributed by atoms with E-state index in [4.69, 9.17) is 0 Å². The van der Waals surface area contributed by atoms with Crippen LogP contribution in [0.15, 0.2) is 9.81 Å². The zero-order valence-corrected chi connectivity index (χ0v) is 10.9. The fourth-order valence-corrected chi connectivity index (χ4v) is 4.85. The Morgan fingerprint density at radius 1 is 1.00 bits per heavy atom. The molecule has 0 atom stereocenters. The minimum Gasteiger partial charge on any atom is -0.119 e. The van der Waals surface area contributed by atoms with Crippen molar-refractivity contribution in [2.75, 3.05) is 11.5 Å². The highest BCUT2D eigenvalue weighted by Gasteiger charge is 2.25. The fraction of sp³-hybridized carbons (Fsp3) is 0.833. The monoisotopic (exact) mass is 228 g/mol. The van der Waals surface area contributed by atoms with Crippen LogP contribution in [0.2, 0.25) is 0 Å². The molecule has 2 rings (SSSR count). The van der Waals surface area contributed by atoms with E-state index in [1.54, 1.807) is 9.81 Å². The van der Waals surface area contributed by atoms with Gasteiger partial charge < -0.3 is 0 Å². The number of allylic oxidation sites excluding steroid dienone is 1. The molecule has 2 aliphatic rings. The molecule has 0 aromatic heterocycles. The molecule has 2 heteroatoms. The first-order valence-corrected chi connectivity index (χ1v) is 7.62. The highest BCUT2D eigenvalue weighted by atomic mass is 32.2. The molecular formula is C12H20S2. The third-order valence-corrected chi connectivity index (χ3v) is 6.05. The molecule has 1 saturated carbocycles. The van der Waals surface area contributed by atoms with Gasteiger partial charge in [0.25, 0.3) is 0 Å². The molecule has 1 saturated heterocycles. The standard InChI is InChI=1S/C12H20S2/c1-12(2)6-4-10(5-7-12)11-13-8-3-9-14-11/h3-9H2,1-2H3. The maximum Gasteiger partial charge on any atom is 0.0392 e. The Bertz CT molecular complexity index is 221. The second-order valence-corrected chi connectivity index (χ2v) is 7.57.